The quantitative estimate of drug-likeness (QED) is 0.745. The Bertz CT molecular complexity index is 754. The molecule has 0 aliphatic carbocycles. The second kappa shape index (κ2) is 6.79. The van der Waals surface area contributed by atoms with E-state index in [1.165, 1.54) is 23.3 Å². The summed E-state index contributed by atoms with van der Waals surface area (Å²) in [6.07, 6.45) is 0. The normalized spacial score (nSPS) is 11.9. The van der Waals surface area contributed by atoms with Gasteiger partial charge in [0.15, 0.2) is 0 Å². The summed E-state index contributed by atoms with van der Waals surface area (Å²) in [4.78, 5) is 0.803. The van der Waals surface area contributed by atoms with E-state index in [0.717, 1.165) is 10.5 Å². The highest BCUT2D eigenvalue weighted by molar-refractivity contribution is 7.98. The van der Waals surface area contributed by atoms with E-state index >= 15 is 0 Å². The number of thioether (sulfide) groups is 1. The van der Waals surface area contributed by atoms with Gasteiger partial charge in [0.1, 0.15) is 0 Å². The molecule has 0 unspecified atom stereocenters. The van der Waals surface area contributed by atoms with Crippen molar-refractivity contribution in [3.05, 3.63) is 59.2 Å². The number of benzene rings is 2. The molecule has 0 radical (unpaired) electrons. The lowest BCUT2D eigenvalue weighted by molar-refractivity contribution is 0.234. The minimum atomic E-state index is -4.51. The van der Waals surface area contributed by atoms with Gasteiger partial charge in [0.2, 0.25) is 9.84 Å². The predicted molar refractivity (Wildman–Crippen MR) is 85.1 cm³/mol. The maximum atomic E-state index is 12.5. The molecule has 2 aromatic carbocycles. The molecule has 0 heterocycles. The van der Waals surface area contributed by atoms with Gasteiger partial charge in [0, 0.05) is 10.6 Å². The smallest absolute Gasteiger partial charge is 0.218 e. The molecular formula is C16H16F2O2S2. The molecule has 0 aliphatic rings. The Labute approximate surface area is 133 Å². The van der Waals surface area contributed by atoms with Gasteiger partial charge in [0.25, 0.3) is 0 Å². The molecule has 0 amide bonds. The molecule has 0 saturated carbocycles. The lowest BCUT2D eigenvalue weighted by Gasteiger charge is -2.08. The van der Waals surface area contributed by atoms with E-state index in [-0.39, 0.29) is 4.90 Å². The number of rotatable bonds is 5. The molecule has 0 atom stereocenters. The van der Waals surface area contributed by atoms with Crippen molar-refractivity contribution >= 4 is 21.6 Å². The summed E-state index contributed by atoms with van der Waals surface area (Å²) < 4.78 is 47.6. The van der Waals surface area contributed by atoms with Gasteiger partial charge in [-0.25, -0.2) is 8.42 Å². The van der Waals surface area contributed by atoms with Crippen LogP contribution in [0.3, 0.4) is 0 Å². The Kier molecular flexibility index (Phi) is 5.24. The van der Waals surface area contributed by atoms with E-state index in [4.69, 9.17) is 0 Å². The van der Waals surface area contributed by atoms with Gasteiger partial charge < -0.3 is 0 Å². The number of alkyl halides is 2. The average molecular weight is 342 g/mol. The van der Waals surface area contributed by atoms with Crippen LogP contribution in [-0.2, 0) is 15.6 Å². The van der Waals surface area contributed by atoms with E-state index in [0.29, 0.717) is 5.75 Å². The monoisotopic (exact) mass is 342 g/mol. The summed E-state index contributed by atoms with van der Waals surface area (Å²) in [5, 5.41) is 0. The zero-order valence-corrected chi connectivity index (χ0v) is 13.8. The molecule has 0 saturated heterocycles. The zero-order valence-electron chi connectivity index (χ0n) is 12.2. The minimum Gasteiger partial charge on any atom is -0.218 e. The van der Waals surface area contributed by atoms with Crippen LogP contribution in [-0.4, -0.2) is 14.2 Å². The van der Waals surface area contributed by atoms with Gasteiger partial charge in [-0.2, -0.15) is 8.78 Å². The maximum Gasteiger partial charge on any atom is 0.341 e. The molecule has 6 heteroatoms. The standard InChI is InChI=1S/C16H16F2O2S2/c1-11-3-8-15(12(2)9-11)21-10-13-4-6-14(7-5-13)22(19,20)16(17)18/h3-9,16H,10H2,1-2H3. The van der Waals surface area contributed by atoms with Crippen LogP contribution in [0.2, 0.25) is 0 Å². The third kappa shape index (κ3) is 3.87. The predicted octanol–water partition coefficient (Wildman–Crippen LogP) is 4.59. The topological polar surface area (TPSA) is 34.1 Å². The highest BCUT2D eigenvalue weighted by Crippen LogP contribution is 2.27. The molecule has 0 fully saturated rings. The molecule has 2 nitrogen and oxygen atoms in total. The van der Waals surface area contributed by atoms with Crippen LogP contribution in [0.4, 0.5) is 8.78 Å². The zero-order chi connectivity index (χ0) is 16.3. The Morgan fingerprint density at radius 2 is 1.68 bits per heavy atom. The van der Waals surface area contributed by atoms with E-state index in [1.807, 2.05) is 26.0 Å². The number of sulfone groups is 1. The molecule has 0 bridgehead atoms. The molecule has 118 valence electrons. The summed E-state index contributed by atoms with van der Waals surface area (Å²) in [5.41, 5.74) is 3.27. The highest BCUT2D eigenvalue weighted by Gasteiger charge is 2.26. The van der Waals surface area contributed by atoms with E-state index in [9.17, 15) is 17.2 Å². The van der Waals surface area contributed by atoms with Crippen LogP contribution < -0.4 is 0 Å². The van der Waals surface area contributed by atoms with Crippen molar-refractivity contribution in [3.8, 4) is 0 Å². The third-order valence-electron chi connectivity index (χ3n) is 3.21. The number of halogens is 2. The molecule has 22 heavy (non-hydrogen) atoms. The average Bonchev–Trinajstić information content (AvgIpc) is 2.46. The molecule has 0 N–H and O–H groups in total. The van der Waals surface area contributed by atoms with Gasteiger partial charge in [-0.3, -0.25) is 0 Å². The van der Waals surface area contributed by atoms with Crippen molar-refractivity contribution in [3.63, 3.8) is 0 Å². The fourth-order valence-electron chi connectivity index (χ4n) is 2.00. The molecule has 2 aromatic rings. The van der Waals surface area contributed by atoms with Gasteiger partial charge in [-0.05, 0) is 43.2 Å². The number of hydrogen-bond acceptors (Lipinski definition) is 3. The van der Waals surface area contributed by atoms with Crippen molar-refractivity contribution in [1.29, 1.82) is 0 Å². The Hall–Kier alpha value is -1.40. The Morgan fingerprint density at radius 3 is 2.23 bits per heavy atom. The second-order valence-corrected chi connectivity index (χ2v) is 7.94. The maximum absolute atomic E-state index is 12.5. The van der Waals surface area contributed by atoms with E-state index in [1.54, 1.807) is 23.9 Å². The fourth-order valence-corrected chi connectivity index (χ4v) is 3.69. The van der Waals surface area contributed by atoms with Crippen LogP contribution >= 0.6 is 11.8 Å². The summed E-state index contributed by atoms with van der Waals surface area (Å²) in [5.74, 6) is -2.73. The van der Waals surface area contributed by atoms with Gasteiger partial charge in [0.05, 0.1) is 4.90 Å². The van der Waals surface area contributed by atoms with E-state index < -0.39 is 15.6 Å². The molecular weight excluding hydrogens is 326 g/mol. The van der Waals surface area contributed by atoms with Crippen molar-refractivity contribution in [2.75, 3.05) is 0 Å². The van der Waals surface area contributed by atoms with Gasteiger partial charge in [-0.1, -0.05) is 29.8 Å². The number of hydrogen-bond donors (Lipinski definition) is 0. The molecule has 0 spiro atoms. The van der Waals surface area contributed by atoms with Crippen molar-refractivity contribution < 1.29 is 17.2 Å². The lowest BCUT2D eigenvalue weighted by atomic mass is 10.2. The first kappa shape index (κ1) is 17.0. The van der Waals surface area contributed by atoms with Crippen LogP contribution in [0.25, 0.3) is 0 Å². The summed E-state index contributed by atoms with van der Waals surface area (Å²) in [6.45, 7) is 4.07. The minimum absolute atomic E-state index is 0.345. The van der Waals surface area contributed by atoms with Gasteiger partial charge >= 0.3 is 5.76 Å². The van der Waals surface area contributed by atoms with Crippen molar-refractivity contribution in [2.45, 2.75) is 35.1 Å². The van der Waals surface area contributed by atoms with Crippen LogP contribution in [0.1, 0.15) is 16.7 Å². The van der Waals surface area contributed by atoms with Crippen molar-refractivity contribution in [1.82, 2.24) is 0 Å². The fraction of sp³-hybridized carbons (Fsp3) is 0.250. The van der Waals surface area contributed by atoms with Crippen LogP contribution in [0.5, 0.6) is 0 Å². The summed E-state index contributed by atoms with van der Waals surface area (Å²) >= 11 is 1.63. The Balaban J connectivity index is 2.09. The van der Waals surface area contributed by atoms with E-state index in [2.05, 4.69) is 6.07 Å². The first-order chi connectivity index (χ1) is 10.3. The first-order valence-corrected chi connectivity index (χ1v) is 9.15. The SMILES string of the molecule is Cc1ccc(SCc2ccc(S(=O)(=O)C(F)F)cc2)c(C)c1. The largest absolute Gasteiger partial charge is 0.341 e. The molecule has 0 aliphatic heterocycles. The van der Waals surface area contributed by atoms with Gasteiger partial charge in [-0.15, -0.1) is 11.8 Å². The molecule has 2 rings (SSSR count). The highest BCUT2D eigenvalue weighted by atomic mass is 32.2. The number of aryl methyl sites for hydroxylation is 2. The third-order valence-corrected chi connectivity index (χ3v) is 5.86. The first-order valence-electron chi connectivity index (χ1n) is 6.62. The Morgan fingerprint density at radius 1 is 1.05 bits per heavy atom. The second-order valence-electron chi connectivity index (χ2n) is 5.01. The van der Waals surface area contributed by atoms with Crippen molar-refractivity contribution in [2.24, 2.45) is 0 Å². The van der Waals surface area contributed by atoms with Crippen LogP contribution in [0.15, 0.2) is 52.3 Å². The molecule has 0 aromatic heterocycles. The summed E-state index contributed by atoms with van der Waals surface area (Å²) in [7, 11) is -4.51. The summed E-state index contributed by atoms with van der Waals surface area (Å²) in [6, 6.07) is 11.8. The lowest BCUT2D eigenvalue weighted by Crippen LogP contribution is -2.11. The van der Waals surface area contributed by atoms with Crippen LogP contribution in [0, 0.1) is 13.8 Å².